The van der Waals surface area contributed by atoms with Gasteiger partial charge in [-0.05, 0) is 0 Å². The third-order valence-electron chi connectivity index (χ3n) is 3.85. The van der Waals surface area contributed by atoms with E-state index in [9.17, 15) is 0 Å². The first-order valence-corrected chi connectivity index (χ1v) is 8.71. The Hall–Kier alpha value is 0.714. The Balaban J connectivity index is 0. The van der Waals surface area contributed by atoms with Crippen molar-refractivity contribution >= 4 is 0 Å². The van der Waals surface area contributed by atoms with Gasteiger partial charge in [-0.2, -0.15) is 0 Å². The van der Waals surface area contributed by atoms with Crippen molar-refractivity contribution in [1.82, 2.24) is 0 Å². The summed E-state index contributed by atoms with van der Waals surface area (Å²) in [6.45, 7) is 6.18. The minimum absolute atomic E-state index is 0. The van der Waals surface area contributed by atoms with Crippen molar-refractivity contribution in [2.24, 2.45) is 0 Å². The van der Waals surface area contributed by atoms with Crippen molar-refractivity contribution in [3.8, 4) is 0 Å². The molecule has 0 aliphatic rings. The second-order valence-electron chi connectivity index (χ2n) is 5.80. The van der Waals surface area contributed by atoms with Crippen LogP contribution >= 0.6 is 0 Å². The Kier molecular flexibility index (Phi) is 24.3. The van der Waals surface area contributed by atoms with E-state index in [1.165, 1.54) is 96.3 Å². The van der Waals surface area contributed by atoms with Gasteiger partial charge in [0.2, 0.25) is 0 Å². The molecule has 19 heavy (non-hydrogen) atoms. The maximum Gasteiger partial charge on any atom is 0 e. The van der Waals surface area contributed by atoms with E-state index in [4.69, 9.17) is 0 Å². The Morgan fingerprint density at radius 2 is 0.737 bits per heavy atom. The van der Waals surface area contributed by atoms with Crippen LogP contribution in [-0.2, 0) is 21.7 Å². The van der Waals surface area contributed by atoms with Gasteiger partial charge in [0.15, 0.2) is 0 Å². The van der Waals surface area contributed by atoms with Crippen LogP contribution < -0.4 is 0 Å². The van der Waals surface area contributed by atoms with Crippen LogP contribution in [0.2, 0.25) is 0 Å². The summed E-state index contributed by atoms with van der Waals surface area (Å²) in [5, 5.41) is 0. The maximum atomic E-state index is 3.88. The first kappa shape index (κ1) is 22.0. The van der Waals surface area contributed by atoms with Gasteiger partial charge >= 0.3 is 0 Å². The minimum atomic E-state index is 0. The van der Waals surface area contributed by atoms with Crippen LogP contribution in [0.25, 0.3) is 0 Å². The van der Waals surface area contributed by atoms with E-state index >= 15 is 0 Å². The van der Waals surface area contributed by atoms with Gasteiger partial charge in [-0.1, -0.05) is 117 Å². The summed E-state index contributed by atoms with van der Waals surface area (Å²) in [6, 6.07) is 0. The van der Waals surface area contributed by atoms with E-state index in [1.807, 2.05) is 0 Å². The molecule has 0 fully saturated rings. The molecule has 0 aromatic heterocycles. The molecule has 0 spiro atoms. The molecule has 0 bridgehead atoms. The van der Waals surface area contributed by atoms with Crippen LogP contribution in [0.1, 0.15) is 110 Å². The summed E-state index contributed by atoms with van der Waals surface area (Å²) in [6.07, 6.45) is 22.8. The Morgan fingerprint density at radius 3 is 1.00 bits per heavy atom. The molecule has 113 valence electrons. The van der Waals surface area contributed by atoms with Crippen LogP contribution in [0.3, 0.4) is 0 Å². The molecule has 0 saturated carbocycles. The van der Waals surface area contributed by atoms with Gasteiger partial charge in [-0.3, -0.25) is 0 Å². The van der Waals surface area contributed by atoms with Crippen molar-refractivity contribution < 1.29 is 21.7 Å². The second-order valence-corrected chi connectivity index (χ2v) is 5.80. The molecule has 0 aliphatic carbocycles. The van der Waals surface area contributed by atoms with Crippen LogP contribution in [0.5, 0.6) is 0 Å². The summed E-state index contributed by atoms with van der Waals surface area (Å²) in [4.78, 5) is 0. The summed E-state index contributed by atoms with van der Waals surface area (Å²) >= 11 is 0. The monoisotopic (exact) mass is 301 g/mol. The van der Waals surface area contributed by atoms with Crippen LogP contribution in [0, 0.1) is 6.92 Å². The molecule has 0 saturated heterocycles. The molecule has 0 aliphatic heterocycles. The van der Waals surface area contributed by atoms with Crippen molar-refractivity contribution in [2.45, 2.75) is 110 Å². The van der Waals surface area contributed by atoms with Gasteiger partial charge in [0.1, 0.15) is 0 Å². The third-order valence-corrected chi connectivity index (χ3v) is 3.85. The molecule has 1 heteroatoms. The molecule has 1 radical (unpaired) electrons. The van der Waals surface area contributed by atoms with Gasteiger partial charge in [-0.15, -0.1) is 0 Å². The largest absolute Gasteiger partial charge is 0.0654 e. The smallest absolute Gasteiger partial charge is 0 e. The molecular weight excluding hydrogens is 264 g/mol. The Bertz CT molecular complexity index is 118. The fraction of sp³-hybridized carbons (Fsp3) is 0.944. The van der Waals surface area contributed by atoms with E-state index < -0.39 is 0 Å². The van der Waals surface area contributed by atoms with Gasteiger partial charge in [0.25, 0.3) is 0 Å². The van der Waals surface area contributed by atoms with Gasteiger partial charge in [0.05, 0.1) is 0 Å². The van der Waals surface area contributed by atoms with Crippen molar-refractivity contribution in [3.05, 3.63) is 6.92 Å². The first-order valence-electron chi connectivity index (χ1n) is 8.71. The summed E-state index contributed by atoms with van der Waals surface area (Å²) in [7, 11) is 0. The maximum absolute atomic E-state index is 3.88. The van der Waals surface area contributed by atoms with Gasteiger partial charge < -0.3 is 0 Å². The standard InChI is InChI=1S/C18H37.Ti/c1-3-5-7-9-11-13-15-17-18-16-14-12-10-8-6-4-2;/h1,3-18H2,2H3;. The summed E-state index contributed by atoms with van der Waals surface area (Å²) in [5.74, 6) is 0. The second kappa shape index (κ2) is 21.0. The summed E-state index contributed by atoms with van der Waals surface area (Å²) in [5.41, 5.74) is 0. The number of hydrogen-bond acceptors (Lipinski definition) is 0. The average Bonchev–Trinajstić information content (AvgIpc) is 2.39. The predicted octanol–water partition coefficient (Wildman–Crippen LogP) is 7.08. The minimum Gasteiger partial charge on any atom is -0.0654 e. The van der Waals surface area contributed by atoms with Crippen LogP contribution in [-0.4, -0.2) is 0 Å². The van der Waals surface area contributed by atoms with E-state index in [1.54, 1.807) is 0 Å². The molecule has 0 N–H and O–H groups in total. The van der Waals surface area contributed by atoms with Gasteiger partial charge in [-0.25, -0.2) is 0 Å². The average molecular weight is 301 g/mol. The zero-order valence-electron chi connectivity index (χ0n) is 13.5. The Labute approximate surface area is 138 Å². The van der Waals surface area contributed by atoms with Crippen LogP contribution in [0.15, 0.2) is 0 Å². The van der Waals surface area contributed by atoms with Crippen LogP contribution in [0.4, 0.5) is 0 Å². The molecule has 0 aromatic carbocycles. The number of unbranched alkanes of at least 4 members (excludes halogenated alkanes) is 15. The Morgan fingerprint density at radius 1 is 0.474 bits per heavy atom. The fourth-order valence-electron chi connectivity index (χ4n) is 2.55. The molecule has 0 amide bonds. The predicted molar refractivity (Wildman–Crippen MR) is 84.9 cm³/mol. The van der Waals surface area contributed by atoms with E-state index in [0.717, 1.165) is 6.42 Å². The molecule has 0 heterocycles. The van der Waals surface area contributed by atoms with E-state index in [0.29, 0.717) is 0 Å². The molecule has 0 rings (SSSR count). The summed E-state index contributed by atoms with van der Waals surface area (Å²) < 4.78 is 0. The first-order chi connectivity index (χ1) is 8.91. The quantitative estimate of drug-likeness (QED) is 0.224. The zero-order valence-corrected chi connectivity index (χ0v) is 15.1. The molecule has 0 unspecified atom stereocenters. The molecule has 0 nitrogen and oxygen atoms in total. The van der Waals surface area contributed by atoms with Crippen molar-refractivity contribution in [1.29, 1.82) is 0 Å². The SMILES string of the molecule is [CH2]CCCCCCCCCCCCCCCCC.[Ti]. The molecule has 0 aromatic rings. The fourth-order valence-corrected chi connectivity index (χ4v) is 2.55. The van der Waals surface area contributed by atoms with Gasteiger partial charge in [0, 0.05) is 21.7 Å². The zero-order chi connectivity index (χ0) is 13.3. The number of hydrogen-bond donors (Lipinski definition) is 0. The molecule has 0 atom stereocenters. The van der Waals surface area contributed by atoms with E-state index in [2.05, 4.69) is 13.8 Å². The van der Waals surface area contributed by atoms with Crippen molar-refractivity contribution in [3.63, 3.8) is 0 Å². The normalized spacial score (nSPS) is 10.4. The third kappa shape index (κ3) is 21.2. The molecular formula is C18H37Ti. The topological polar surface area (TPSA) is 0 Å². The van der Waals surface area contributed by atoms with E-state index in [-0.39, 0.29) is 21.7 Å². The number of rotatable bonds is 15. The van der Waals surface area contributed by atoms with Crippen molar-refractivity contribution in [2.75, 3.05) is 0 Å².